The Morgan fingerprint density at radius 1 is 1.28 bits per heavy atom. The fraction of sp³-hybridized carbons (Fsp3) is 0. The molecule has 0 saturated carbocycles. The van der Waals surface area contributed by atoms with Gasteiger partial charge in [0, 0.05) is 14.8 Å². The van der Waals surface area contributed by atoms with Gasteiger partial charge in [0.1, 0.15) is 0 Å². The maximum atomic E-state index is 6.06. The second-order valence-electron chi connectivity index (χ2n) is 3.74. The molecule has 0 radical (unpaired) electrons. The van der Waals surface area contributed by atoms with Crippen molar-refractivity contribution in [2.45, 2.75) is 9.10 Å². The topological polar surface area (TPSA) is 38.9 Å². The quantitative estimate of drug-likeness (QED) is 0.731. The van der Waals surface area contributed by atoms with Gasteiger partial charge in [0.05, 0.1) is 21.6 Å². The zero-order valence-electron chi connectivity index (χ0n) is 9.26. The van der Waals surface area contributed by atoms with Gasteiger partial charge < -0.3 is 5.73 Å². The Morgan fingerprint density at radius 3 is 2.94 bits per heavy atom. The van der Waals surface area contributed by atoms with E-state index in [9.17, 15) is 0 Å². The van der Waals surface area contributed by atoms with Crippen LogP contribution in [-0.2, 0) is 0 Å². The maximum absolute atomic E-state index is 6.06. The summed E-state index contributed by atoms with van der Waals surface area (Å²) < 4.78 is 2.27. The Balaban J connectivity index is 2.19. The van der Waals surface area contributed by atoms with Gasteiger partial charge in [-0.3, -0.25) is 4.98 Å². The van der Waals surface area contributed by atoms with E-state index in [-0.39, 0.29) is 0 Å². The van der Waals surface area contributed by atoms with E-state index in [0.717, 1.165) is 26.0 Å². The lowest BCUT2D eigenvalue weighted by Gasteiger charge is -2.08. The lowest BCUT2D eigenvalue weighted by Crippen LogP contribution is -1.92. The fourth-order valence-corrected chi connectivity index (χ4v) is 3.90. The summed E-state index contributed by atoms with van der Waals surface area (Å²) in [7, 11) is 0. The lowest BCUT2D eigenvalue weighted by molar-refractivity contribution is 1.35. The largest absolute Gasteiger partial charge is 0.397 e. The first-order chi connectivity index (χ1) is 8.74. The second-order valence-corrected chi connectivity index (χ2v) is 6.91. The summed E-state index contributed by atoms with van der Waals surface area (Å²) in [6.45, 7) is 0. The number of thiophene rings is 1. The van der Waals surface area contributed by atoms with Crippen LogP contribution in [0.5, 0.6) is 0 Å². The van der Waals surface area contributed by atoms with Gasteiger partial charge in [-0.15, -0.1) is 11.3 Å². The molecule has 18 heavy (non-hydrogen) atoms. The smallest absolute Gasteiger partial charge is 0.0715 e. The molecule has 0 bridgehead atoms. The van der Waals surface area contributed by atoms with Crippen molar-refractivity contribution in [2.75, 3.05) is 5.73 Å². The number of hydrogen-bond acceptors (Lipinski definition) is 4. The van der Waals surface area contributed by atoms with E-state index in [1.807, 2.05) is 18.2 Å². The summed E-state index contributed by atoms with van der Waals surface area (Å²) in [6, 6.07) is 10.2. The molecular formula is C13H9BrN2S2. The maximum Gasteiger partial charge on any atom is 0.0715 e. The third-order valence-electron chi connectivity index (χ3n) is 2.51. The fourth-order valence-electron chi connectivity index (χ4n) is 1.69. The molecular weight excluding hydrogens is 328 g/mol. The van der Waals surface area contributed by atoms with Crippen LogP contribution in [0, 0.1) is 0 Å². The standard InChI is InChI=1S/C13H9BrN2S2/c14-8-3-4-11-9(6-8)13(10(15)7-16-11)18-12-2-1-5-17-12/h1-7H,15H2. The Hall–Kier alpha value is -1.04. The number of nitrogen functional groups attached to an aromatic ring is 1. The average molecular weight is 337 g/mol. The van der Waals surface area contributed by atoms with Crippen molar-refractivity contribution < 1.29 is 0 Å². The molecule has 0 unspecified atom stereocenters. The SMILES string of the molecule is Nc1cnc2ccc(Br)cc2c1Sc1cccs1. The zero-order valence-corrected chi connectivity index (χ0v) is 12.5. The van der Waals surface area contributed by atoms with Crippen molar-refractivity contribution in [3.8, 4) is 0 Å². The molecule has 0 aliphatic rings. The van der Waals surface area contributed by atoms with E-state index in [2.05, 4.69) is 38.4 Å². The minimum Gasteiger partial charge on any atom is -0.397 e. The van der Waals surface area contributed by atoms with Gasteiger partial charge in [-0.25, -0.2) is 0 Å². The number of anilines is 1. The van der Waals surface area contributed by atoms with Gasteiger partial charge in [-0.1, -0.05) is 33.8 Å². The molecule has 1 aromatic carbocycles. The predicted octanol–water partition coefficient (Wildman–Crippen LogP) is 4.79. The first-order valence-electron chi connectivity index (χ1n) is 5.29. The predicted molar refractivity (Wildman–Crippen MR) is 82.3 cm³/mol. The van der Waals surface area contributed by atoms with Crippen molar-refractivity contribution in [3.05, 3.63) is 46.4 Å². The van der Waals surface area contributed by atoms with E-state index >= 15 is 0 Å². The summed E-state index contributed by atoms with van der Waals surface area (Å²) >= 11 is 6.90. The molecule has 0 aliphatic heterocycles. The van der Waals surface area contributed by atoms with Gasteiger partial charge in [-0.2, -0.15) is 0 Å². The van der Waals surface area contributed by atoms with Crippen molar-refractivity contribution in [1.29, 1.82) is 0 Å². The van der Waals surface area contributed by atoms with Crippen molar-refractivity contribution in [2.24, 2.45) is 0 Å². The number of hydrogen-bond donors (Lipinski definition) is 1. The van der Waals surface area contributed by atoms with Crippen LogP contribution in [0.15, 0.2) is 55.5 Å². The molecule has 3 rings (SSSR count). The highest BCUT2D eigenvalue weighted by Crippen LogP contribution is 2.39. The Labute approximate surface area is 121 Å². The Bertz CT molecular complexity index is 690. The molecule has 5 heteroatoms. The van der Waals surface area contributed by atoms with Crippen LogP contribution >= 0.6 is 39.0 Å². The highest BCUT2D eigenvalue weighted by Gasteiger charge is 2.09. The van der Waals surface area contributed by atoms with E-state index in [1.165, 1.54) is 4.21 Å². The second kappa shape index (κ2) is 4.91. The molecule has 2 aromatic heterocycles. The highest BCUT2D eigenvalue weighted by atomic mass is 79.9. The third-order valence-corrected chi connectivity index (χ3v) is 5.20. The number of aromatic nitrogens is 1. The van der Waals surface area contributed by atoms with Crippen LogP contribution in [0.1, 0.15) is 0 Å². The van der Waals surface area contributed by atoms with Gasteiger partial charge >= 0.3 is 0 Å². The van der Waals surface area contributed by atoms with Gasteiger partial charge in [0.2, 0.25) is 0 Å². The molecule has 0 atom stereocenters. The lowest BCUT2D eigenvalue weighted by atomic mass is 10.2. The van der Waals surface area contributed by atoms with Gasteiger partial charge in [-0.05, 0) is 29.6 Å². The number of rotatable bonds is 2. The summed E-state index contributed by atoms with van der Waals surface area (Å²) in [5.41, 5.74) is 7.74. The summed E-state index contributed by atoms with van der Waals surface area (Å²) in [4.78, 5) is 5.43. The molecule has 2 heterocycles. The minimum absolute atomic E-state index is 0.721. The first kappa shape index (κ1) is 12.0. The zero-order chi connectivity index (χ0) is 12.5. The van der Waals surface area contributed by atoms with Crippen molar-refractivity contribution in [3.63, 3.8) is 0 Å². The highest BCUT2D eigenvalue weighted by molar-refractivity contribution is 9.10. The number of nitrogens with zero attached hydrogens (tertiary/aromatic N) is 1. The minimum atomic E-state index is 0.721. The van der Waals surface area contributed by atoms with Crippen LogP contribution in [0.3, 0.4) is 0 Å². The van der Waals surface area contributed by atoms with E-state index < -0.39 is 0 Å². The number of halogens is 1. The number of nitrogens with two attached hydrogens (primary N) is 1. The summed E-state index contributed by atoms with van der Waals surface area (Å²) in [6.07, 6.45) is 1.73. The Kier molecular flexibility index (Phi) is 3.28. The molecule has 3 aromatic rings. The molecule has 2 N–H and O–H groups in total. The van der Waals surface area contributed by atoms with Gasteiger partial charge in [0.15, 0.2) is 0 Å². The molecule has 0 saturated heterocycles. The van der Waals surface area contributed by atoms with Crippen LogP contribution < -0.4 is 5.73 Å². The van der Waals surface area contributed by atoms with E-state index in [4.69, 9.17) is 5.73 Å². The van der Waals surface area contributed by atoms with Gasteiger partial charge in [0.25, 0.3) is 0 Å². The van der Waals surface area contributed by atoms with Crippen molar-refractivity contribution in [1.82, 2.24) is 4.98 Å². The Morgan fingerprint density at radius 2 is 2.17 bits per heavy atom. The average Bonchev–Trinajstić information content (AvgIpc) is 2.86. The van der Waals surface area contributed by atoms with Crippen LogP contribution in [0.4, 0.5) is 5.69 Å². The third kappa shape index (κ3) is 2.25. The number of fused-ring (bicyclic) bond motifs is 1. The molecule has 0 amide bonds. The molecule has 90 valence electrons. The first-order valence-corrected chi connectivity index (χ1v) is 7.78. The molecule has 0 aliphatic carbocycles. The van der Waals surface area contributed by atoms with Crippen LogP contribution in [-0.4, -0.2) is 4.98 Å². The van der Waals surface area contributed by atoms with Crippen LogP contribution in [0.25, 0.3) is 10.9 Å². The summed E-state index contributed by atoms with van der Waals surface area (Å²) in [5.74, 6) is 0. The molecule has 0 spiro atoms. The monoisotopic (exact) mass is 336 g/mol. The summed E-state index contributed by atoms with van der Waals surface area (Å²) in [5, 5.41) is 3.15. The molecule has 0 fully saturated rings. The van der Waals surface area contributed by atoms with Crippen LogP contribution in [0.2, 0.25) is 0 Å². The van der Waals surface area contributed by atoms with E-state index in [1.54, 1.807) is 29.3 Å². The number of pyridine rings is 1. The number of benzene rings is 1. The molecule has 2 nitrogen and oxygen atoms in total. The normalized spacial score (nSPS) is 10.9. The van der Waals surface area contributed by atoms with E-state index in [0.29, 0.717) is 0 Å². The van der Waals surface area contributed by atoms with Crippen molar-refractivity contribution >= 4 is 55.6 Å².